The molecule has 1 heterocycles. The van der Waals surface area contributed by atoms with E-state index >= 15 is 0 Å². The number of sulfonamides is 1. The van der Waals surface area contributed by atoms with Crippen LogP contribution in [0.1, 0.15) is 0 Å². The molecule has 5 nitrogen and oxygen atoms in total. The van der Waals surface area contributed by atoms with Crippen LogP contribution in [0.15, 0.2) is 29.2 Å². The van der Waals surface area contributed by atoms with Gasteiger partial charge in [-0.1, -0.05) is 12.1 Å². The number of rotatable bonds is 2. The molecule has 1 aromatic rings. The molecule has 0 unspecified atom stereocenters. The molecular weight excluding hydrogens is 281 g/mol. The van der Waals surface area contributed by atoms with Gasteiger partial charge in [0.05, 0.1) is 11.5 Å². The van der Waals surface area contributed by atoms with E-state index in [1.165, 1.54) is 18.2 Å². The summed E-state index contributed by atoms with van der Waals surface area (Å²) < 4.78 is 61.2. The van der Waals surface area contributed by atoms with Crippen molar-refractivity contribution in [1.29, 1.82) is 0 Å². The highest BCUT2D eigenvalue weighted by Gasteiger charge is 2.32. The maximum absolute atomic E-state index is 13.5. The largest absolute Gasteiger partial charge is 0.246 e. The summed E-state index contributed by atoms with van der Waals surface area (Å²) in [6.07, 6.45) is 0. The third-order valence-electron chi connectivity index (χ3n) is 2.76. The second-order valence-corrected chi connectivity index (χ2v) is 8.20. The molecule has 100 valence electrons. The SMILES string of the molecule is O=S1(=O)CCN(S(=O)(=O)c2ccccc2F)CC1. The van der Waals surface area contributed by atoms with Crippen LogP contribution in [0.2, 0.25) is 0 Å². The molecule has 8 heteroatoms. The fourth-order valence-corrected chi connectivity index (χ4v) is 4.67. The first kappa shape index (κ1) is 13.4. The van der Waals surface area contributed by atoms with E-state index in [4.69, 9.17) is 0 Å². The molecule has 1 aromatic carbocycles. The number of hydrogen-bond donors (Lipinski definition) is 0. The summed E-state index contributed by atoms with van der Waals surface area (Å²) in [4.78, 5) is -0.413. The quantitative estimate of drug-likeness (QED) is 0.783. The average Bonchev–Trinajstić information content (AvgIpc) is 2.28. The van der Waals surface area contributed by atoms with Gasteiger partial charge in [0, 0.05) is 13.1 Å². The Bertz CT molecular complexity index is 640. The highest BCUT2D eigenvalue weighted by molar-refractivity contribution is 7.92. The maximum Gasteiger partial charge on any atom is 0.246 e. The molecule has 0 aliphatic carbocycles. The number of sulfone groups is 1. The molecule has 0 radical (unpaired) electrons. The maximum atomic E-state index is 13.5. The molecule has 0 amide bonds. The lowest BCUT2D eigenvalue weighted by atomic mass is 10.4. The van der Waals surface area contributed by atoms with Crippen LogP contribution < -0.4 is 0 Å². The molecule has 0 atom stereocenters. The molecule has 2 rings (SSSR count). The van der Waals surface area contributed by atoms with Crippen LogP contribution in [0, 0.1) is 5.82 Å². The van der Waals surface area contributed by atoms with Crippen molar-refractivity contribution in [2.45, 2.75) is 4.90 Å². The minimum Gasteiger partial charge on any atom is -0.229 e. The second kappa shape index (κ2) is 4.60. The van der Waals surface area contributed by atoms with Crippen LogP contribution in [-0.4, -0.2) is 45.7 Å². The van der Waals surface area contributed by atoms with Gasteiger partial charge in [0.2, 0.25) is 10.0 Å². The van der Waals surface area contributed by atoms with Crippen LogP contribution in [-0.2, 0) is 19.9 Å². The van der Waals surface area contributed by atoms with Gasteiger partial charge in [0.1, 0.15) is 10.7 Å². The lowest BCUT2D eigenvalue weighted by Gasteiger charge is -2.26. The van der Waals surface area contributed by atoms with Gasteiger partial charge in [-0.15, -0.1) is 0 Å². The minimum absolute atomic E-state index is 0.126. The third-order valence-corrected chi connectivity index (χ3v) is 6.30. The lowest BCUT2D eigenvalue weighted by Crippen LogP contribution is -2.43. The summed E-state index contributed by atoms with van der Waals surface area (Å²) in [5.41, 5.74) is 0. The van der Waals surface area contributed by atoms with Gasteiger partial charge >= 0.3 is 0 Å². The molecular formula is C10H12FNO4S2. The fraction of sp³-hybridized carbons (Fsp3) is 0.400. The standard InChI is InChI=1S/C10H12FNO4S2/c11-9-3-1-2-4-10(9)18(15,16)12-5-7-17(13,14)8-6-12/h1-4H,5-8H2. The predicted molar refractivity (Wildman–Crippen MR) is 63.8 cm³/mol. The smallest absolute Gasteiger partial charge is 0.229 e. The minimum atomic E-state index is -3.95. The monoisotopic (exact) mass is 293 g/mol. The highest BCUT2D eigenvalue weighted by atomic mass is 32.2. The summed E-state index contributed by atoms with van der Waals surface area (Å²) in [5, 5.41) is 0. The summed E-state index contributed by atoms with van der Waals surface area (Å²) in [7, 11) is -7.12. The van der Waals surface area contributed by atoms with Crippen LogP contribution in [0.5, 0.6) is 0 Å². The van der Waals surface area contributed by atoms with Gasteiger partial charge in [-0.2, -0.15) is 4.31 Å². The van der Waals surface area contributed by atoms with Gasteiger partial charge in [0.25, 0.3) is 0 Å². The zero-order valence-corrected chi connectivity index (χ0v) is 11.0. The molecule has 0 bridgehead atoms. The third kappa shape index (κ3) is 2.55. The van der Waals surface area contributed by atoms with Gasteiger partial charge in [-0.05, 0) is 12.1 Å². The fourth-order valence-electron chi connectivity index (χ4n) is 1.73. The Hall–Kier alpha value is -0.990. The molecule has 0 N–H and O–H groups in total. The number of hydrogen-bond acceptors (Lipinski definition) is 4. The molecule has 0 spiro atoms. The Morgan fingerprint density at radius 2 is 1.67 bits per heavy atom. The number of halogens is 1. The predicted octanol–water partition coefficient (Wildman–Crippen LogP) is 0.245. The Morgan fingerprint density at radius 1 is 1.11 bits per heavy atom. The Balaban J connectivity index is 2.31. The van der Waals surface area contributed by atoms with Crippen LogP contribution in [0.25, 0.3) is 0 Å². The van der Waals surface area contributed by atoms with E-state index in [9.17, 15) is 21.2 Å². The van der Waals surface area contributed by atoms with Crippen molar-refractivity contribution < 1.29 is 21.2 Å². The molecule has 0 saturated carbocycles. The summed E-state index contributed by atoms with van der Waals surface area (Å²) in [6, 6.07) is 5.06. The first-order valence-corrected chi connectivity index (χ1v) is 8.54. The Labute approximate surface area is 105 Å². The second-order valence-electron chi connectivity index (χ2n) is 3.99. The van der Waals surface area contributed by atoms with E-state index in [0.717, 1.165) is 10.4 Å². The van der Waals surface area contributed by atoms with E-state index in [1.54, 1.807) is 0 Å². The molecule has 1 saturated heterocycles. The molecule has 0 aromatic heterocycles. The summed E-state index contributed by atoms with van der Waals surface area (Å²) >= 11 is 0. The summed E-state index contributed by atoms with van der Waals surface area (Å²) in [5.74, 6) is -1.27. The zero-order chi connectivity index (χ0) is 13.4. The van der Waals surface area contributed by atoms with E-state index < -0.39 is 30.6 Å². The van der Waals surface area contributed by atoms with Gasteiger partial charge in [0.15, 0.2) is 9.84 Å². The van der Waals surface area contributed by atoms with Crippen LogP contribution >= 0.6 is 0 Å². The van der Waals surface area contributed by atoms with Crippen molar-refractivity contribution in [1.82, 2.24) is 4.31 Å². The van der Waals surface area contributed by atoms with E-state index in [0.29, 0.717) is 0 Å². The van der Waals surface area contributed by atoms with Crippen molar-refractivity contribution in [3.8, 4) is 0 Å². The first-order chi connectivity index (χ1) is 8.33. The molecule has 18 heavy (non-hydrogen) atoms. The van der Waals surface area contributed by atoms with Crippen molar-refractivity contribution in [2.24, 2.45) is 0 Å². The van der Waals surface area contributed by atoms with E-state index in [1.807, 2.05) is 0 Å². The topological polar surface area (TPSA) is 71.5 Å². The molecule has 1 aliphatic heterocycles. The summed E-state index contributed by atoms with van der Waals surface area (Å²) in [6.45, 7) is -0.252. The van der Waals surface area contributed by atoms with E-state index in [-0.39, 0.29) is 24.6 Å². The Morgan fingerprint density at radius 3 is 2.22 bits per heavy atom. The van der Waals surface area contributed by atoms with E-state index in [2.05, 4.69) is 0 Å². The number of benzene rings is 1. The van der Waals surface area contributed by atoms with Crippen LogP contribution in [0.3, 0.4) is 0 Å². The van der Waals surface area contributed by atoms with Gasteiger partial charge in [-0.3, -0.25) is 0 Å². The van der Waals surface area contributed by atoms with Gasteiger partial charge in [-0.25, -0.2) is 21.2 Å². The van der Waals surface area contributed by atoms with Crippen molar-refractivity contribution in [3.63, 3.8) is 0 Å². The van der Waals surface area contributed by atoms with Crippen molar-refractivity contribution in [2.75, 3.05) is 24.6 Å². The first-order valence-electron chi connectivity index (χ1n) is 5.28. The average molecular weight is 293 g/mol. The molecule has 1 fully saturated rings. The highest BCUT2D eigenvalue weighted by Crippen LogP contribution is 2.20. The van der Waals surface area contributed by atoms with Crippen molar-refractivity contribution in [3.05, 3.63) is 30.1 Å². The van der Waals surface area contributed by atoms with Crippen LogP contribution in [0.4, 0.5) is 4.39 Å². The molecule has 1 aliphatic rings. The van der Waals surface area contributed by atoms with Gasteiger partial charge < -0.3 is 0 Å². The Kier molecular flexibility index (Phi) is 3.43. The van der Waals surface area contributed by atoms with Crippen molar-refractivity contribution >= 4 is 19.9 Å². The lowest BCUT2D eigenvalue weighted by molar-refractivity contribution is 0.426. The zero-order valence-electron chi connectivity index (χ0n) is 9.41. The normalized spacial score (nSPS) is 20.7. The number of nitrogens with zero attached hydrogens (tertiary/aromatic N) is 1.